The standard InChI is InChI=1S/C8H17NO2/c1-4-8(2)10-5-7(9-3)6-11-8/h7,9H,4-6H2,1-3H3. The number of ether oxygens (including phenoxy) is 2. The maximum atomic E-state index is 5.53. The van der Waals surface area contributed by atoms with Crippen molar-refractivity contribution in [1.29, 1.82) is 0 Å². The van der Waals surface area contributed by atoms with Crippen LogP contribution in [-0.4, -0.2) is 32.1 Å². The third kappa shape index (κ3) is 2.15. The van der Waals surface area contributed by atoms with Crippen molar-refractivity contribution in [3.8, 4) is 0 Å². The summed E-state index contributed by atoms with van der Waals surface area (Å²) in [6, 6.07) is 0.356. The first-order valence-corrected chi connectivity index (χ1v) is 4.15. The van der Waals surface area contributed by atoms with Gasteiger partial charge in [-0.15, -0.1) is 0 Å². The van der Waals surface area contributed by atoms with Gasteiger partial charge in [-0.3, -0.25) is 0 Å². The number of hydrogen-bond donors (Lipinski definition) is 1. The highest BCUT2D eigenvalue weighted by Gasteiger charge is 2.30. The lowest BCUT2D eigenvalue weighted by atomic mass is 10.2. The van der Waals surface area contributed by atoms with E-state index in [0.29, 0.717) is 6.04 Å². The summed E-state index contributed by atoms with van der Waals surface area (Å²) in [7, 11) is 1.92. The van der Waals surface area contributed by atoms with Crippen LogP contribution in [0.4, 0.5) is 0 Å². The van der Waals surface area contributed by atoms with Crippen molar-refractivity contribution in [1.82, 2.24) is 5.32 Å². The van der Waals surface area contributed by atoms with Crippen molar-refractivity contribution in [3.05, 3.63) is 0 Å². The van der Waals surface area contributed by atoms with E-state index in [1.807, 2.05) is 14.0 Å². The third-order valence-corrected chi connectivity index (χ3v) is 2.23. The average molecular weight is 159 g/mol. The molecule has 3 heteroatoms. The fraction of sp³-hybridized carbons (Fsp3) is 1.00. The molecule has 1 saturated heterocycles. The Hall–Kier alpha value is -0.120. The molecule has 1 fully saturated rings. The maximum absolute atomic E-state index is 5.53. The Morgan fingerprint density at radius 2 is 2.00 bits per heavy atom. The fourth-order valence-electron chi connectivity index (χ4n) is 1.01. The first kappa shape index (κ1) is 8.97. The second-order valence-corrected chi connectivity index (χ2v) is 3.09. The second kappa shape index (κ2) is 3.52. The van der Waals surface area contributed by atoms with Crippen molar-refractivity contribution in [2.45, 2.75) is 32.1 Å². The maximum Gasteiger partial charge on any atom is 0.165 e. The van der Waals surface area contributed by atoms with Crippen LogP contribution in [0.1, 0.15) is 20.3 Å². The minimum absolute atomic E-state index is 0.340. The normalized spacial score (nSPS) is 39.0. The molecule has 0 aromatic heterocycles. The molecule has 1 aliphatic heterocycles. The van der Waals surface area contributed by atoms with Crippen LogP contribution in [0, 0.1) is 0 Å². The molecule has 1 N–H and O–H groups in total. The highest BCUT2D eigenvalue weighted by molar-refractivity contribution is 4.73. The number of likely N-dealkylation sites (N-methyl/N-ethyl adjacent to an activating group) is 1. The second-order valence-electron chi connectivity index (χ2n) is 3.09. The minimum Gasteiger partial charge on any atom is -0.349 e. The van der Waals surface area contributed by atoms with E-state index in [2.05, 4.69) is 12.2 Å². The molecular weight excluding hydrogens is 142 g/mol. The van der Waals surface area contributed by atoms with Gasteiger partial charge < -0.3 is 14.8 Å². The van der Waals surface area contributed by atoms with Gasteiger partial charge in [-0.2, -0.15) is 0 Å². The van der Waals surface area contributed by atoms with Gasteiger partial charge in [-0.1, -0.05) is 6.92 Å². The van der Waals surface area contributed by atoms with Gasteiger partial charge in [-0.25, -0.2) is 0 Å². The molecule has 0 unspecified atom stereocenters. The molecule has 0 spiro atoms. The predicted octanol–water partition coefficient (Wildman–Crippen LogP) is 0.747. The van der Waals surface area contributed by atoms with Gasteiger partial charge >= 0.3 is 0 Å². The smallest absolute Gasteiger partial charge is 0.165 e. The van der Waals surface area contributed by atoms with Crippen molar-refractivity contribution in [2.75, 3.05) is 20.3 Å². The molecule has 0 aromatic carbocycles. The summed E-state index contributed by atoms with van der Waals surface area (Å²) >= 11 is 0. The summed E-state index contributed by atoms with van der Waals surface area (Å²) in [4.78, 5) is 0. The highest BCUT2D eigenvalue weighted by atomic mass is 16.7. The van der Waals surface area contributed by atoms with Gasteiger partial charge in [-0.05, 0) is 20.4 Å². The molecule has 11 heavy (non-hydrogen) atoms. The molecule has 0 aromatic rings. The van der Waals surface area contributed by atoms with Crippen LogP contribution in [-0.2, 0) is 9.47 Å². The molecule has 66 valence electrons. The average Bonchev–Trinajstić information content (AvgIpc) is 2.06. The fourth-order valence-corrected chi connectivity index (χ4v) is 1.01. The van der Waals surface area contributed by atoms with E-state index in [-0.39, 0.29) is 5.79 Å². The Bertz CT molecular complexity index is 119. The van der Waals surface area contributed by atoms with E-state index in [9.17, 15) is 0 Å². The van der Waals surface area contributed by atoms with E-state index in [1.165, 1.54) is 0 Å². The van der Waals surface area contributed by atoms with Gasteiger partial charge in [0, 0.05) is 0 Å². The zero-order valence-corrected chi connectivity index (χ0v) is 7.52. The zero-order valence-electron chi connectivity index (χ0n) is 7.52. The molecule has 1 heterocycles. The Balaban J connectivity index is 2.35. The molecule has 3 nitrogen and oxygen atoms in total. The quantitative estimate of drug-likeness (QED) is 0.645. The summed E-state index contributed by atoms with van der Waals surface area (Å²) in [5, 5.41) is 3.12. The lowest BCUT2D eigenvalue weighted by Crippen LogP contribution is -2.48. The van der Waals surface area contributed by atoms with Crippen LogP contribution in [0.2, 0.25) is 0 Å². The SMILES string of the molecule is CCC1(C)OCC(NC)CO1. The van der Waals surface area contributed by atoms with E-state index in [1.54, 1.807) is 0 Å². The summed E-state index contributed by atoms with van der Waals surface area (Å²) in [5.74, 6) is -0.340. The molecule has 0 aliphatic carbocycles. The Morgan fingerprint density at radius 3 is 2.36 bits per heavy atom. The van der Waals surface area contributed by atoms with E-state index < -0.39 is 0 Å². The largest absolute Gasteiger partial charge is 0.349 e. The van der Waals surface area contributed by atoms with Gasteiger partial charge in [0.1, 0.15) is 0 Å². The van der Waals surface area contributed by atoms with Crippen LogP contribution >= 0.6 is 0 Å². The lowest BCUT2D eigenvalue weighted by Gasteiger charge is -2.36. The highest BCUT2D eigenvalue weighted by Crippen LogP contribution is 2.21. The molecule has 1 aliphatic rings. The Morgan fingerprint density at radius 1 is 1.45 bits per heavy atom. The Kier molecular flexibility index (Phi) is 2.87. The van der Waals surface area contributed by atoms with Crippen LogP contribution in [0.3, 0.4) is 0 Å². The predicted molar refractivity (Wildman–Crippen MR) is 43.4 cm³/mol. The van der Waals surface area contributed by atoms with Crippen molar-refractivity contribution in [3.63, 3.8) is 0 Å². The zero-order chi connectivity index (χ0) is 8.32. The van der Waals surface area contributed by atoms with Crippen LogP contribution < -0.4 is 5.32 Å². The van der Waals surface area contributed by atoms with Gasteiger partial charge in [0.15, 0.2) is 5.79 Å². The van der Waals surface area contributed by atoms with E-state index in [4.69, 9.17) is 9.47 Å². The van der Waals surface area contributed by atoms with Crippen LogP contribution in [0.15, 0.2) is 0 Å². The third-order valence-electron chi connectivity index (χ3n) is 2.23. The monoisotopic (exact) mass is 159 g/mol. The Labute approximate surface area is 68.1 Å². The summed E-state index contributed by atoms with van der Waals surface area (Å²) < 4.78 is 11.1. The van der Waals surface area contributed by atoms with E-state index >= 15 is 0 Å². The molecule has 1 rings (SSSR count). The van der Waals surface area contributed by atoms with Crippen molar-refractivity contribution < 1.29 is 9.47 Å². The first-order chi connectivity index (χ1) is 5.20. The van der Waals surface area contributed by atoms with Gasteiger partial charge in [0.2, 0.25) is 0 Å². The van der Waals surface area contributed by atoms with Gasteiger partial charge in [0.25, 0.3) is 0 Å². The molecule has 0 radical (unpaired) electrons. The van der Waals surface area contributed by atoms with Crippen LogP contribution in [0.25, 0.3) is 0 Å². The number of hydrogen-bond acceptors (Lipinski definition) is 3. The topological polar surface area (TPSA) is 30.5 Å². The molecule has 0 saturated carbocycles. The summed E-state index contributed by atoms with van der Waals surface area (Å²) in [5.41, 5.74) is 0. The lowest BCUT2D eigenvalue weighted by molar-refractivity contribution is -0.264. The summed E-state index contributed by atoms with van der Waals surface area (Å²) in [6.45, 7) is 5.56. The number of rotatable bonds is 2. The van der Waals surface area contributed by atoms with Gasteiger partial charge in [0.05, 0.1) is 19.3 Å². The van der Waals surface area contributed by atoms with Crippen LogP contribution in [0.5, 0.6) is 0 Å². The minimum atomic E-state index is -0.340. The molecule has 0 amide bonds. The molecule has 0 atom stereocenters. The molecule has 0 bridgehead atoms. The van der Waals surface area contributed by atoms with E-state index in [0.717, 1.165) is 19.6 Å². The number of nitrogens with one attached hydrogen (secondary N) is 1. The van der Waals surface area contributed by atoms with Crippen molar-refractivity contribution in [2.24, 2.45) is 0 Å². The first-order valence-electron chi connectivity index (χ1n) is 4.15. The van der Waals surface area contributed by atoms with Crippen molar-refractivity contribution >= 4 is 0 Å². The summed E-state index contributed by atoms with van der Waals surface area (Å²) in [6.07, 6.45) is 0.906. The molecular formula is C8H17NO2.